The Bertz CT molecular complexity index is 292. The zero-order valence-electron chi connectivity index (χ0n) is 10.7. The van der Waals surface area contributed by atoms with E-state index in [0.29, 0.717) is 18.4 Å². The second-order valence-corrected chi connectivity index (χ2v) is 5.71. The minimum atomic E-state index is -0.635. The second kappa shape index (κ2) is 5.34. The molecule has 4 heteroatoms. The molecule has 1 saturated heterocycles. The van der Waals surface area contributed by atoms with Crippen LogP contribution < -0.4 is 5.73 Å². The van der Waals surface area contributed by atoms with Gasteiger partial charge in [0.1, 0.15) is 5.54 Å². The fraction of sp³-hybridized carbons (Fsp3) is 0.923. The maximum absolute atomic E-state index is 9.22. The maximum Gasteiger partial charge on any atom is 0.119 e. The molecule has 2 N–H and O–H groups in total. The molecule has 0 radical (unpaired) electrons. The van der Waals surface area contributed by atoms with Crippen molar-refractivity contribution in [3.8, 4) is 6.07 Å². The van der Waals surface area contributed by atoms with Gasteiger partial charge in [0.05, 0.1) is 12.7 Å². The molecule has 2 fully saturated rings. The average molecular weight is 237 g/mol. The van der Waals surface area contributed by atoms with Crippen molar-refractivity contribution < 1.29 is 4.74 Å². The van der Waals surface area contributed by atoms with Crippen LogP contribution in [0.5, 0.6) is 0 Å². The van der Waals surface area contributed by atoms with Gasteiger partial charge in [-0.3, -0.25) is 0 Å². The summed E-state index contributed by atoms with van der Waals surface area (Å²) >= 11 is 0. The SMILES string of the molecule is CN(CC1CCCOC1)CC(N)(C#N)C1CC1. The van der Waals surface area contributed by atoms with Gasteiger partial charge >= 0.3 is 0 Å². The van der Waals surface area contributed by atoms with Gasteiger partial charge in [-0.25, -0.2) is 0 Å². The molecule has 0 bridgehead atoms. The Morgan fingerprint density at radius 2 is 2.24 bits per heavy atom. The molecule has 1 aliphatic carbocycles. The van der Waals surface area contributed by atoms with Crippen molar-refractivity contribution in [2.45, 2.75) is 31.2 Å². The first-order valence-electron chi connectivity index (χ1n) is 6.60. The molecule has 4 nitrogen and oxygen atoms in total. The van der Waals surface area contributed by atoms with Gasteiger partial charge in [0.15, 0.2) is 0 Å². The first-order chi connectivity index (χ1) is 8.14. The fourth-order valence-electron chi connectivity index (χ4n) is 2.76. The summed E-state index contributed by atoms with van der Waals surface area (Å²) in [5, 5.41) is 9.22. The van der Waals surface area contributed by atoms with Crippen molar-refractivity contribution in [1.82, 2.24) is 4.90 Å². The number of rotatable bonds is 5. The molecule has 0 aromatic rings. The van der Waals surface area contributed by atoms with Crippen molar-refractivity contribution in [2.24, 2.45) is 17.6 Å². The minimum Gasteiger partial charge on any atom is -0.381 e. The van der Waals surface area contributed by atoms with Crippen molar-refractivity contribution in [2.75, 3.05) is 33.4 Å². The number of likely N-dealkylation sites (N-methyl/N-ethyl adjacent to an activating group) is 1. The number of nitrogens with two attached hydrogens (primary N) is 1. The van der Waals surface area contributed by atoms with Gasteiger partial charge in [-0.05, 0) is 44.6 Å². The molecule has 1 heterocycles. The number of nitrogens with zero attached hydrogens (tertiary/aromatic N) is 2. The molecule has 1 aliphatic heterocycles. The van der Waals surface area contributed by atoms with Crippen LogP contribution in [0.2, 0.25) is 0 Å². The lowest BCUT2D eigenvalue weighted by molar-refractivity contribution is 0.0400. The zero-order valence-corrected chi connectivity index (χ0v) is 10.7. The molecule has 2 atom stereocenters. The highest BCUT2D eigenvalue weighted by Gasteiger charge is 2.43. The van der Waals surface area contributed by atoms with Gasteiger partial charge in [-0.15, -0.1) is 0 Å². The van der Waals surface area contributed by atoms with E-state index in [2.05, 4.69) is 18.0 Å². The Kier molecular flexibility index (Phi) is 4.03. The Labute approximate surface area is 104 Å². The van der Waals surface area contributed by atoms with E-state index in [1.165, 1.54) is 6.42 Å². The summed E-state index contributed by atoms with van der Waals surface area (Å²) in [5.41, 5.74) is 5.54. The topological polar surface area (TPSA) is 62.3 Å². The quantitative estimate of drug-likeness (QED) is 0.774. The Morgan fingerprint density at radius 1 is 1.47 bits per heavy atom. The molecular weight excluding hydrogens is 214 g/mol. The van der Waals surface area contributed by atoms with Crippen LogP contribution in [0.4, 0.5) is 0 Å². The molecule has 0 aromatic carbocycles. The average Bonchev–Trinajstić information content (AvgIpc) is 3.14. The van der Waals surface area contributed by atoms with E-state index in [1.807, 2.05) is 0 Å². The van der Waals surface area contributed by atoms with Gasteiger partial charge in [0, 0.05) is 19.7 Å². The Morgan fingerprint density at radius 3 is 2.76 bits per heavy atom. The van der Waals surface area contributed by atoms with E-state index >= 15 is 0 Å². The van der Waals surface area contributed by atoms with Gasteiger partial charge < -0.3 is 15.4 Å². The van der Waals surface area contributed by atoms with Gasteiger partial charge in [0.25, 0.3) is 0 Å². The van der Waals surface area contributed by atoms with E-state index in [4.69, 9.17) is 10.5 Å². The molecule has 2 aliphatic rings. The maximum atomic E-state index is 9.22. The minimum absolute atomic E-state index is 0.414. The molecule has 1 saturated carbocycles. The van der Waals surface area contributed by atoms with Crippen molar-refractivity contribution in [1.29, 1.82) is 5.26 Å². The molecule has 96 valence electrons. The van der Waals surface area contributed by atoms with E-state index in [9.17, 15) is 5.26 Å². The predicted octanol–water partition coefficient (Wildman–Crippen LogP) is 0.976. The molecule has 0 amide bonds. The molecule has 2 unspecified atom stereocenters. The summed E-state index contributed by atoms with van der Waals surface area (Å²) < 4.78 is 5.48. The van der Waals surface area contributed by atoms with Crippen LogP contribution in [0.25, 0.3) is 0 Å². The standard InChI is InChI=1S/C13H23N3O/c1-16(7-11-3-2-6-17-8-11)10-13(15,9-14)12-4-5-12/h11-12H,2-8,10,15H2,1H3. The second-order valence-electron chi connectivity index (χ2n) is 5.71. The zero-order chi connectivity index (χ0) is 12.3. The Balaban J connectivity index is 1.79. The number of hydrogen-bond acceptors (Lipinski definition) is 4. The third kappa shape index (κ3) is 3.41. The summed E-state index contributed by atoms with van der Waals surface area (Å²) in [7, 11) is 2.07. The number of nitriles is 1. The van der Waals surface area contributed by atoms with Crippen LogP contribution in [0.15, 0.2) is 0 Å². The van der Waals surface area contributed by atoms with E-state index in [1.54, 1.807) is 0 Å². The summed E-state index contributed by atoms with van der Waals surface area (Å²) in [6, 6.07) is 2.31. The highest BCUT2D eigenvalue weighted by molar-refractivity contribution is 5.14. The lowest BCUT2D eigenvalue weighted by Gasteiger charge is -2.31. The number of hydrogen-bond donors (Lipinski definition) is 1. The van der Waals surface area contributed by atoms with Gasteiger partial charge in [-0.1, -0.05) is 0 Å². The van der Waals surface area contributed by atoms with Crippen LogP contribution in [0, 0.1) is 23.2 Å². The smallest absolute Gasteiger partial charge is 0.119 e. The predicted molar refractivity (Wildman–Crippen MR) is 66.3 cm³/mol. The summed E-state index contributed by atoms with van der Waals surface area (Å²) in [6.07, 6.45) is 4.62. The summed E-state index contributed by atoms with van der Waals surface area (Å²) in [6.45, 7) is 3.44. The van der Waals surface area contributed by atoms with Crippen LogP contribution in [0.1, 0.15) is 25.7 Å². The summed E-state index contributed by atoms with van der Waals surface area (Å²) in [4.78, 5) is 2.21. The molecular formula is C13H23N3O. The van der Waals surface area contributed by atoms with E-state index in [0.717, 1.165) is 39.0 Å². The van der Waals surface area contributed by atoms with Crippen molar-refractivity contribution in [3.63, 3.8) is 0 Å². The Hall–Kier alpha value is -0.630. The first-order valence-corrected chi connectivity index (χ1v) is 6.60. The molecule has 2 rings (SSSR count). The van der Waals surface area contributed by atoms with Crippen LogP contribution >= 0.6 is 0 Å². The molecule has 17 heavy (non-hydrogen) atoms. The van der Waals surface area contributed by atoms with Crippen LogP contribution in [0.3, 0.4) is 0 Å². The number of ether oxygens (including phenoxy) is 1. The van der Waals surface area contributed by atoms with Gasteiger partial charge in [-0.2, -0.15) is 5.26 Å². The van der Waals surface area contributed by atoms with Crippen molar-refractivity contribution >= 4 is 0 Å². The van der Waals surface area contributed by atoms with Gasteiger partial charge in [0.2, 0.25) is 0 Å². The van der Waals surface area contributed by atoms with Crippen LogP contribution in [-0.2, 0) is 4.74 Å². The van der Waals surface area contributed by atoms with E-state index in [-0.39, 0.29) is 0 Å². The van der Waals surface area contributed by atoms with Crippen molar-refractivity contribution in [3.05, 3.63) is 0 Å². The molecule has 0 aromatic heterocycles. The monoisotopic (exact) mass is 237 g/mol. The largest absolute Gasteiger partial charge is 0.381 e. The highest BCUT2D eigenvalue weighted by Crippen LogP contribution is 2.38. The lowest BCUT2D eigenvalue weighted by atomic mass is 9.95. The summed E-state index contributed by atoms with van der Waals surface area (Å²) in [5.74, 6) is 1.02. The highest BCUT2D eigenvalue weighted by atomic mass is 16.5. The fourth-order valence-corrected chi connectivity index (χ4v) is 2.76. The first kappa shape index (κ1) is 12.8. The van der Waals surface area contributed by atoms with Crippen LogP contribution in [-0.4, -0.2) is 43.8 Å². The molecule has 0 spiro atoms. The normalized spacial score (nSPS) is 28.7. The van der Waals surface area contributed by atoms with E-state index < -0.39 is 5.54 Å². The lowest BCUT2D eigenvalue weighted by Crippen LogP contribution is -2.51. The third-order valence-electron chi connectivity index (χ3n) is 3.87. The third-order valence-corrected chi connectivity index (χ3v) is 3.87.